The second kappa shape index (κ2) is 9.99. The Labute approximate surface area is 203 Å². The number of fused-ring (bicyclic) bond motifs is 1. The van der Waals surface area contributed by atoms with Crippen molar-refractivity contribution >= 4 is 43.9 Å². The lowest BCUT2D eigenvalue weighted by atomic mass is 9.95. The van der Waals surface area contributed by atoms with Crippen LogP contribution in [-0.4, -0.2) is 26.9 Å². The van der Waals surface area contributed by atoms with Crippen molar-refractivity contribution in [3.8, 4) is 0 Å². The first-order valence-electron chi connectivity index (χ1n) is 11.1. The molecule has 1 aliphatic carbocycles. The van der Waals surface area contributed by atoms with Crippen molar-refractivity contribution in [1.29, 1.82) is 0 Å². The molecule has 2 aromatic carbocycles. The second-order valence-corrected chi connectivity index (χ2v) is 10.8. The summed E-state index contributed by atoms with van der Waals surface area (Å²) in [5.41, 5.74) is 2.66. The van der Waals surface area contributed by atoms with Crippen molar-refractivity contribution in [2.75, 3.05) is 16.6 Å². The molecule has 1 aromatic heterocycles. The largest absolute Gasteiger partial charge is 0.462 e. The second-order valence-electron chi connectivity index (χ2n) is 8.04. The number of carbonyl (C=O) groups excluding carboxylic acids is 2. The summed E-state index contributed by atoms with van der Waals surface area (Å²) >= 11 is 1.41. The third kappa shape index (κ3) is 5.00. The van der Waals surface area contributed by atoms with E-state index in [0.29, 0.717) is 21.8 Å². The third-order valence-corrected chi connectivity index (χ3v) is 8.26. The molecular weight excluding hydrogens is 472 g/mol. The highest BCUT2D eigenvalue weighted by molar-refractivity contribution is 7.92. The van der Waals surface area contributed by atoms with Gasteiger partial charge in [0.2, 0.25) is 0 Å². The molecule has 1 amide bonds. The van der Waals surface area contributed by atoms with Gasteiger partial charge in [-0.2, -0.15) is 0 Å². The number of esters is 1. The Morgan fingerprint density at radius 3 is 2.53 bits per heavy atom. The molecule has 34 heavy (non-hydrogen) atoms. The lowest BCUT2D eigenvalue weighted by Gasteiger charge is -2.13. The van der Waals surface area contributed by atoms with Gasteiger partial charge in [-0.25, -0.2) is 13.2 Å². The van der Waals surface area contributed by atoms with Crippen LogP contribution in [-0.2, 0) is 27.6 Å². The topological polar surface area (TPSA) is 102 Å². The number of aryl methyl sites for hydroxylation is 2. The highest BCUT2D eigenvalue weighted by Crippen LogP contribution is 2.39. The summed E-state index contributed by atoms with van der Waals surface area (Å²) in [5.74, 6) is -0.860. The lowest BCUT2D eigenvalue weighted by Crippen LogP contribution is -2.17. The summed E-state index contributed by atoms with van der Waals surface area (Å²) in [6.07, 6.45) is 3.70. The molecule has 7 nitrogen and oxygen atoms in total. The molecule has 0 saturated carbocycles. The quantitative estimate of drug-likeness (QED) is 0.438. The number of hydrogen-bond donors (Lipinski definition) is 2. The molecule has 0 fully saturated rings. The van der Waals surface area contributed by atoms with Crippen LogP contribution < -0.4 is 10.0 Å². The van der Waals surface area contributed by atoms with Crippen molar-refractivity contribution in [3.63, 3.8) is 0 Å². The highest BCUT2D eigenvalue weighted by Gasteiger charge is 2.27. The maximum absolute atomic E-state index is 13.1. The van der Waals surface area contributed by atoms with Crippen LogP contribution in [0.2, 0.25) is 0 Å². The van der Waals surface area contributed by atoms with E-state index in [9.17, 15) is 18.0 Å². The number of anilines is 2. The van der Waals surface area contributed by atoms with Gasteiger partial charge in [-0.15, -0.1) is 11.3 Å². The van der Waals surface area contributed by atoms with Gasteiger partial charge >= 0.3 is 5.97 Å². The smallest absolute Gasteiger partial charge is 0.341 e. The molecule has 0 bridgehead atoms. The average molecular weight is 499 g/mol. The molecule has 4 rings (SSSR count). The Hall–Kier alpha value is -3.17. The molecule has 0 unspecified atom stereocenters. The molecule has 0 radical (unpaired) electrons. The van der Waals surface area contributed by atoms with Crippen molar-refractivity contribution in [2.45, 2.75) is 44.4 Å². The van der Waals surface area contributed by atoms with E-state index in [1.807, 2.05) is 0 Å². The van der Waals surface area contributed by atoms with E-state index < -0.39 is 21.9 Å². The predicted octanol–water partition coefficient (Wildman–Crippen LogP) is 5.17. The monoisotopic (exact) mass is 498 g/mol. The number of hydrogen-bond acceptors (Lipinski definition) is 6. The molecule has 0 spiro atoms. The van der Waals surface area contributed by atoms with Crippen LogP contribution in [0.3, 0.4) is 0 Å². The molecule has 0 saturated heterocycles. The fourth-order valence-electron chi connectivity index (χ4n) is 3.92. The SMILES string of the molecule is CCOC(=O)c1c(NC(=O)c2ccc(C)c(NS(=O)(=O)c3ccccc3)c2)sc2c1CCCC2. The first-order chi connectivity index (χ1) is 16.3. The number of amides is 1. The van der Waals surface area contributed by atoms with Crippen LogP contribution in [0.15, 0.2) is 53.4 Å². The zero-order valence-corrected chi connectivity index (χ0v) is 20.6. The Kier molecular flexibility index (Phi) is 7.04. The summed E-state index contributed by atoms with van der Waals surface area (Å²) in [7, 11) is -3.80. The minimum absolute atomic E-state index is 0.132. The molecule has 1 heterocycles. The number of ether oxygens (including phenoxy) is 1. The number of carbonyl (C=O) groups is 2. The summed E-state index contributed by atoms with van der Waals surface area (Å²) in [5, 5.41) is 3.34. The van der Waals surface area contributed by atoms with Crippen molar-refractivity contribution in [2.24, 2.45) is 0 Å². The minimum atomic E-state index is -3.80. The highest BCUT2D eigenvalue weighted by atomic mass is 32.2. The maximum Gasteiger partial charge on any atom is 0.341 e. The average Bonchev–Trinajstić information content (AvgIpc) is 3.19. The van der Waals surface area contributed by atoms with E-state index in [-0.39, 0.29) is 17.1 Å². The lowest BCUT2D eigenvalue weighted by molar-refractivity contribution is 0.0526. The van der Waals surface area contributed by atoms with Crippen LogP contribution >= 0.6 is 11.3 Å². The van der Waals surface area contributed by atoms with Crippen LogP contribution in [0, 0.1) is 6.92 Å². The molecule has 0 aliphatic heterocycles. The standard InChI is InChI=1S/C25H26N2O5S2/c1-3-32-25(29)22-19-11-7-8-12-21(19)33-24(22)26-23(28)17-14-13-16(2)20(15-17)27-34(30,31)18-9-5-4-6-10-18/h4-6,9-10,13-15,27H,3,7-8,11-12H2,1-2H3,(H,26,28). The summed E-state index contributed by atoms with van der Waals surface area (Å²) in [4.78, 5) is 27.0. The van der Waals surface area contributed by atoms with Gasteiger partial charge in [-0.3, -0.25) is 9.52 Å². The molecule has 9 heteroatoms. The first kappa shape index (κ1) is 24.0. The van der Waals surface area contributed by atoms with E-state index in [1.165, 1.54) is 29.5 Å². The van der Waals surface area contributed by atoms with Gasteiger partial charge in [-0.05, 0) is 74.9 Å². The zero-order valence-electron chi connectivity index (χ0n) is 19.0. The number of thiophene rings is 1. The normalized spacial score (nSPS) is 13.1. The summed E-state index contributed by atoms with van der Waals surface area (Å²) in [6.45, 7) is 3.76. The number of rotatable bonds is 7. The minimum Gasteiger partial charge on any atom is -0.462 e. The third-order valence-electron chi connectivity index (χ3n) is 5.68. The van der Waals surface area contributed by atoms with Crippen LogP contribution in [0.1, 0.15) is 56.5 Å². The van der Waals surface area contributed by atoms with Gasteiger partial charge in [0, 0.05) is 10.4 Å². The van der Waals surface area contributed by atoms with E-state index in [0.717, 1.165) is 36.1 Å². The predicted molar refractivity (Wildman–Crippen MR) is 133 cm³/mol. The van der Waals surface area contributed by atoms with E-state index in [2.05, 4.69) is 10.0 Å². The number of sulfonamides is 1. The molecule has 178 valence electrons. The van der Waals surface area contributed by atoms with Gasteiger partial charge in [0.25, 0.3) is 15.9 Å². The van der Waals surface area contributed by atoms with Gasteiger partial charge in [-0.1, -0.05) is 24.3 Å². The van der Waals surface area contributed by atoms with Crippen LogP contribution in [0.4, 0.5) is 10.7 Å². The van der Waals surface area contributed by atoms with Crippen molar-refractivity contribution < 1.29 is 22.7 Å². The molecular formula is C25H26N2O5S2. The van der Waals surface area contributed by atoms with Crippen molar-refractivity contribution in [1.82, 2.24) is 0 Å². The van der Waals surface area contributed by atoms with E-state index >= 15 is 0 Å². The molecule has 0 atom stereocenters. The van der Waals surface area contributed by atoms with E-state index in [1.54, 1.807) is 44.2 Å². The first-order valence-corrected chi connectivity index (χ1v) is 13.4. The zero-order chi connectivity index (χ0) is 24.3. The van der Waals surface area contributed by atoms with Gasteiger partial charge in [0.05, 0.1) is 22.8 Å². The Balaban J connectivity index is 1.61. The van der Waals surface area contributed by atoms with Gasteiger partial charge in [0.15, 0.2) is 0 Å². The van der Waals surface area contributed by atoms with Crippen LogP contribution in [0.25, 0.3) is 0 Å². The maximum atomic E-state index is 13.1. The number of benzene rings is 2. The molecule has 3 aromatic rings. The Bertz CT molecular complexity index is 1330. The fraction of sp³-hybridized carbons (Fsp3) is 0.280. The van der Waals surface area contributed by atoms with Crippen LogP contribution in [0.5, 0.6) is 0 Å². The van der Waals surface area contributed by atoms with E-state index in [4.69, 9.17) is 4.74 Å². The van der Waals surface area contributed by atoms with Gasteiger partial charge < -0.3 is 10.1 Å². The fourth-order valence-corrected chi connectivity index (χ4v) is 6.34. The van der Waals surface area contributed by atoms with Crippen molar-refractivity contribution in [3.05, 3.63) is 75.7 Å². The molecule has 2 N–H and O–H groups in total. The Morgan fingerprint density at radius 2 is 1.79 bits per heavy atom. The summed E-state index contributed by atoms with van der Waals surface area (Å²) in [6, 6.07) is 12.9. The summed E-state index contributed by atoms with van der Waals surface area (Å²) < 4.78 is 33.3. The number of nitrogens with one attached hydrogen (secondary N) is 2. The Morgan fingerprint density at radius 1 is 1.06 bits per heavy atom. The van der Waals surface area contributed by atoms with Gasteiger partial charge in [0.1, 0.15) is 5.00 Å². The molecule has 1 aliphatic rings.